The third kappa shape index (κ3) is 5.87. The van der Waals surface area contributed by atoms with Crippen molar-refractivity contribution >= 4 is 23.5 Å². The average Bonchev–Trinajstić information content (AvgIpc) is 3.36. The van der Waals surface area contributed by atoms with Crippen LogP contribution in [0.15, 0.2) is 103 Å². The number of carbonyl (C=O) groups excluding carboxylic acids is 2. The summed E-state index contributed by atoms with van der Waals surface area (Å²) in [5.41, 5.74) is 6.58. The minimum Gasteiger partial charge on any atom is -0.478 e. The number of fused-ring (bicyclic) bond motifs is 2. The Labute approximate surface area is 262 Å². The summed E-state index contributed by atoms with van der Waals surface area (Å²) in [6, 6.07) is 27.7. The number of pyridine rings is 1. The van der Waals surface area contributed by atoms with Crippen molar-refractivity contribution < 1.29 is 19.5 Å². The Bertz CT molecular complexity index is 1920. The largest absolute Gasteiger partial charge is 0.478 e. The second-order valence-corrected chi connectivity index (χ2v) is 12.2. The van der Waals surface area contributed by atoms with Gasteiger partial charge in [0.2, 0.25) is 0 Å². The number of carboxylic acids is 1. The van der Waals surface area contributed by atoms with E-state index in [4.69, 9.17) is 0 Å². The van der Waals surface area contributed by atoms with Crippen LogP contribution in [0.25, 0.3) is 11.1 Å². The first-order valence-corrected chi connectivity index (χ1v) is 14.8. The molecule has 226 valence electrons. The standard InChI is InChI=1S/C37H34N4O4/c1-37(2,3)31-19-25(14-16-29(31)28-11-5-6-12-30(28)36(44)45)35(43)41-23-27-15-17-33(34(42)39-21-24-9-8-18-38-20-24)40(27)22-26-10-4-7-13-32(26)41/h4-20H,21-23H2,1-3H3,(H,39,42)(H,44,45). The second-order valence-electron chi connectivity index (χ2n) is 12.2. The van der Waals surface area contributed by atoms with Gasteiger partial charge in [-0.3, -0.25) is 14.6 Å². The number of aromatic carboxylic acids is 1. The lowest BCUT2D eigenvalue weighted by atomic mass is 9.80. The Kier molecular flexibility index (Phi) is 7.81. The van der Waals surface area contributed by atoms with Gasteiger partial charge in [-0.05, 0) is 75.7 Å². The van der Waals surface area contributed by atoms with E-state index in [2.05, 4.69) is 31.1 Å². The Morgan fingerprint density at radius 3 is 2.40 bits per heavy atom. The summed E-state index contributed by atoms with van der Waals surface area (Å²) in [4.78, 5) is 45.6. The Balaban J connectivity index is 1.36. The zero-order chi connectivity index (χ0) is 31.7. The highest BCUT2D eigenvalue weighted by atomic mass is 16.4. The van der Waals surface area contributed by atoms with E-state index in [0.717, 1.165) is 33.6 Å². The van der Waals surface area contributed by atoms with E-state index >= 15 is 0 Å². The van der Waals surface area contributed by atoms with E-state index < -0.39 is 5.97 Å². The van der Waals surface area contributed by atoms with Crippen LogP contribution in [-0.2, 0) is 25.0 Å². The maximum absolute atomic E-state index is 14.4. The van der Waals surface area contributed by atoms with Crippen LogP contribution in [0, 0.1) is 0 Å². The van der Waals surface area contributed by atoms with Gasteiger partial charge in [0.1, 0.15) is 5.69 Å². The van der Waals surface area contributed by atoms with Crippen LogP contribution < -0.4 is 10.2 Å². The number of amides is 2. The number of hydrogen-bond donors (Lipinski definition) is 2. The SMILES string of the molecule is CC(C)(C)c1cc(C(=O)N2Cc3ccc(C(=O)NCc4cccnc4)n3Cc3ccccc32)ccc1-c1ccccc1C(=O)O. The monoisotopic (exact) mass is 598 g/mol. The van der Waals surface area contributed by atoms with Gasteiger partial charge in [-0.1, -0.05) is 69.3 Å². The third-order valence-corrected chi connectivity index (χ3v) is 8.18. The number of carboxylic acid groups (broad SMARTS) is 1. The van der Waals surface area contributed by atoms with Gasteiger partial charge in [0.15, 0.2) is 0 Å². The zero-order valence-electron chi connectivity index (χ0n) is 25.4. The van der Waals surface area contributed by atoms with Crippen LogP contribution in [0.3, 0.4) is 0 Å². The van der Waals surface area contributed by atoms with Crippen molar-refractivity contribution in [3.05, 3.63) is 143 Å². The molecule has 0 bridgehead atoms. The molecule has 6 rings (SSSR count). The van der Waals surface area contributed by atoms with Crippen molar-refractivity contribution in [2.75, 3.05) is 4.90 Å². The van der Waals surface area contributed by atoms with Gasteiger partial charge in [0, 0.05) is 35.9 Å². The van der Waals surface area contributed by atoms with Gasteiger partial charge in [-0.2, -0.15) is 0 Å². The molecule has 0 fully saturated rings. The first-order valence-electron chi connectivity index (χ1n) is 14.8. The molecule has 3 aromatic carbocycles. The van der Waals surface area contributed by atoms with E-state index in [1.54, 1.807) is 47.6 Å². The summed E-state index contributed by atoms with van der Waals surface area (Å²) in [5.74, 6) is -1.38. The normalized spacial score (nSPS) is 12.6. The Morgan fingerprint density at radius 2 is 1.64 bits per heavy atom. The highest BCUT2D eigenvalue weighted by molar-refractivity contribution is 6.07. The average molecular weight is 599 g/mol. The molecule has 0 saturated carbocycles. The molecular weight excluding hydrogens is 564 g/mol. The molecule has 0 unspecified atom stereocenters. The van der Waals surface area contributed by atoms with Crippen molar-refractivity contribution in [1.82, 2.24) is 14.9 Å². The maximum Gasteiger partial charge on any atom is 0.336 e. The van der Waals surface area contributed by atoms with E-state index in [-0.39, 0.29) is 29.3 Å². The molecule has 5 aromatic rings. The molecule has 0 radical (unpaired) electrons. The maximum atomic E-state index is 14.4. The van der Waals surface area contributed by atoms with Crippen LogP contribution >= 0.6 is 0 Å². The summed E-state index contributed by atoms with van der Waals surface area (Å²) in [6.45, 7) is 7.24. The molecule has 0 atom stereocenters. The number of rotatable bonds is 6. The fraction of sp³-hybridized carbons (Fsp3) is 0.189. The smallest absolute Gasteiger partial charge is 0.336 e. The van der Waals surface area contributed by atoms with Crippen molar-refractivity contribution in [2.45, 2.75) is 45.8 Å². The first kappa shape index (κ1) is 29.6. The number of para-hydroxylation sites is 1. The van der Waals surface area contributed by atoms with E-state index in [1.165, 1.54) is 0 Å². The number of nitrogens with one attached hydrogen (secondary N) is 1. The Hall–Kier alpha value is -5.50. The molecule has 2 N–H and O–H groups in total. The second kappa shape index (κ2) is 11.9. The van der Waals surface area contributed by atoms with Crippen molar-refractivity contribution in [1.29, 1.82) is 0 Å². The number of aromatic nitrogens is 2. The van der Waals surface area contributed by atoms with Crippen molar-refractivity contribution in [3.8, 4) is 11.1 Å². The highest BCUT2D eigenvalue weighted by Crippen LogP contribution is 2.37. The van der Waals surface area contributed by atoms with Gasteiger partial charge in [-0.25, -0.2) is 4.79 Å². The molecule has 0 aliphatic carbocycles. The topological polar surface area (TPSA) is 105 Å². The minimum atomic E-state index is -1.00. The fourth-order valence-corrected chi connectivity index (χ4v) is 5.91. The minimum absolute atomic E-state index is 0.178. The van der Waals surface area contributed by atoms with Gasteiger partial charge in [0.25, 0.3) is 11.8 Å². The van der Waals surface area contributed by atoms with E-state index in [0.29, 0.717) is 29.9 Å². The molecule has 0 spiro atoms. The fourth-order valence-electron chi connectivity index (χ4n) is 5.91. The predicted molar refractivity (Wildman–Crippen MR) is 173 cm³/mol. The van der Waals surface area contributed by atoms with Gasteiger partial charge >= 0.3 is 5.97 Å². The number of carbonyl (C=O) groups is 3. The van der Waals surface area contributed by atoms with E-state index in [9.17, 15) is 19.5 Å². The lowest BCUT2D eigenvalue weighted by Crippen LogP contribution is -2.31. The molecule has 1 aliphatic heterocycles. The summed E-state index contributed by atoms with van der Waals surface area (Å²) in [5, 5.41) is 12.8. The number of anilines is 1. The Morgan fingerprint density at radius 1 is 0.867 bits per heavy atom. The van der Waals surface area contributed by atoms with E-state index in [1.807, 2.05) is 65.2 Å². The summed E-state index contributed by atoms with van der Waals surface area (Å²) < 4.78 is 1.97. The van der Waals surface area contributed by atoms with Gasteiger partial charge in [-0.15, -0.1) is 0 Å². The number of benzene rings is 3. The van der Waals surface area contributed by atoms with Crippen LogP contribution in [0.1, 0.15) is 74.4 Å². The molecule has 8 heteroatoms. The van der Waals surface area contributed by atoms with Crippen molar-refractivity contribution in [2.24, 2.45) is 0 Å². The van der Waals surface area contributed by atoms with Crippen LogP contribution in [0.4, 0.5) is 5.69 Å². The molecule has 3 heterocycles. The highest BCUT2D eigenvalue weighted by Gasteiger charge is 2.29. The molecule has 45 heavy (non-hydrogen) atoms. The summed E-state index contributed by atoms with van der Waals surface area (Å²) in [7, 11) is 0. The van der Waals surface area contributed by atoms with Crippen molar-refractivity contribution in [3.63, 3.8) is 0 Å². The number of nitrogens with zero attached hydrogens (tertiary/aromatic N) is 3. The van der Waals surface area contributed by atoms with Crippen LogP contribution in [0.2, 0.25) is 0 Å². The van der Waals surface area contributed by atoms with Gasteiger partial charge in [0.05, 0.1) is 18.7 Å². The molecule has 1 aliphatic rings. The first-order chi connectivity index (χ1) is 21.6. The molecular formula is C37H34N4O4. The third-order valence-electron chi connectivity index (χ3n) is 8.18. The molecule has 0 saturated heterocycles. The number of hydrogen-bond acceptors (Lipinski definition) is 4. The molecule has 8 nitrogen and oxygen atoms in total. The predicted octanol–water partition coefficient (Wildman–Crippen LogP) is 6.68. The van der Waals surface area contributed by atoms with Crippen LogP contribution in [-0.4, -0.2) is 32.4 Å². The van der Waals surface area contributed by atoms with Crippen LogP contribution in [0.5, 0.6) is 0 Å². The lowest BCUT2D eigenvalue weighted by Gasteiger charge is -2.27. The molecule has 2 amide bonds. The van der Waals surface area contributed by atoms with Gasteiger partial charge < -0.3 is 19.9 Å². The quantitative estimate of drug-likeness (QED) is 0.227. The summed E-state index contributed by atoms with van der Waals surface area (Å²) >= 11 is 0. The zero-order valence-corrected chi connectivity index (χ0v) is 25.4. The summed E-state index contributed by atoms with van der Waals surface area (Å²) in [6.07, 6.45) is 3.42. The lowest BCUT2D eigenvalue weighted by molar-refractivity contribution is 0.0697. The molecule has 2 aromatic heterocycles.